The summed E-state index contributed by atoms with van der Waals surface area (Å²) < 4.78 is 0. The molecule has 2 heteroatoms. The quantitative estimate of drug-likeness (QED) is 0.593. The average molecular weight is 131 g/mol. The van der Waals surface area contributed by atoms with E-state index in [0.29, 0.717) is 6.54 Å². The highest BCUT2D eigenvalue weighted by Crippen LogP contribution is 2.19. The highest BCUT2D eigenvalue weighted by atomic mass is 16.3. The van der Waals surface area contributed by atoms with Gasteiger partial charge < -0.3 is 10.8 Å². The monoisotopic (exact) mass is 131 g/mol. The first-order chi connectivity index (χ1) is 3.98. The molecule has 0 saturated carbocycles. The minimum absolute atomic E-state index is 0.0914. The number of nitrogens with two attached hydrogens (primary N) is 1. The van der Waals surface area contributed by atoms with Gasteiger partial charge in [0.1, 0.15) is 0 Å². The predicted molar refractivity (Wildman–Crippen MR) is 39.1 cm³/mol. The summed E-state index contributed by atoms with van der Waals surface area (Å²) in [6.07, 6.45) is 0.548. The molecule has 3 N–H and O–H groups in total. The zero-order valence-electron chi connectivity index (χ0n) is 6.52. The maximum absolute atomic E-state index is 8.96. The molecular weight excluding hydrogens is 114 g/mol. The smallest absolute Gasteiger partial charge is 0.0517 e. The molecule has 0 aliphatic rings. The fourth-order valence-electron chi connectivity index (χ4n) is 0.883. The van der Waals surface area contributed by atoms with Crippen LogP contribution in [0.1, 0.15) is 27.2 Å². The van der Waals surface area contributed by atoms with Crippen molar-refractivity contribution >= 4 is 0 Å². The van der Waals surface area contributed by atoms with Crippen LogP contribution in [0.5, 0.6) is 0 Å². The fourth-order valence-corrected chi connectivity index (χ4v) is 0.883. The van der Waals surface area contributed by atoms with E-state index in [-0.39, 0.29) is 11.5 Å². The van der Waals surface area contributed by atoms with Gasteiger partial charge in [-0.3, -0.25) is 0 Å². The van der Waals surface area contributed by atoms with Gasteiger partial charge in [-0.15, -0.1) is 0 Å². The molecule has 0 bridgehead atoms. The lowest BCUT2D eigenvalue weighted by Crippen LogP contribution is -2.27. The molecule has 0 heterocycles. The lowest BCUT2D eigenvalue weighted by atomic mass is 9.87. The maximum Gasteiger partial charge on any atom is 0.0517 e. The van der Waals surface area contributed by atoms with Crippen molar-refractivity contribution in [2.75, 3.05) is 6.54 Å². The first-order valence-electron chi connectivity index (χ1n) is 3.36. The topological polar surface area (TPSA) is 46.2 Å². The van der Waals surface area contributed by atoms with Gasteiger partial charge in [0.2, 0.25) is 0 Å². The summed E-state index contributed by atoms with van der Waals surface area (Å²) in [5, 5.41) is 8.96. The van der Waals surface area contributed by atoms with Crippen LogP contribution in [0, 0.1) is 5.41 Å². The van der Waals surface area contributed by atoms with Gasteiger partial charge in [-0.05, 0) is 25.3 Å². The van der Waals surface area contributed by atoms with E-state index < -0.39 is 0 Å². The summed E-state index contributed by atoms with van der Waals surface area (Å²) in [4.78, 5) is 0. The number of aliphatic hydroxyl groups excluding tert-OH is 1. The van der Waals surface area contributed by atoms with Crippen LogP contribution in [0.15, 0.2) is 0 Å². The Morgan fingerprint density at radius 2 is 2.00 bits per heavy atom. The molecule has 0 amide bonds. The molecule has 0 fully saturated rings. The minimum Gasteiger partial charge on any atom is -0.393 e. The van der Waals surface area contributed by atoms with Gasteiger partial charge in [0.25, 0.3) is 0 Å². The van der Waals surface area contributed by atoms with E-state index in [1.54, 1.807) is 6.92 Å². The molecule has 1 atom stereocenters. The van der Waals surface area contributed by atoms with E-state index in [0.717, 1.165) is 6.42 Å². The standard InChI is InChI=1S/C7H17NO/c1-6(9)4-7(2,3)5-8/h6,9H,4-5,8H2,1-3H3/t6-/m1/s1. The number of hydrogen-bond donors (Lipinski definition) is 2. The van der Waals surface area contributed by atoms with E-state index in [9.17, 15) is 0 Å². The fraction of sp³-hybridized carbons (Fsp3) is 1.00. The third-order valence-electron chi connectivity index (χ3n) is 1.40. The Balaban J connectivity index is 3.58. The second-order valence-corrected chi connectivity index (χ2v) is 3.42. The van der Waals surface area contributed by atoms with Gasteiger partial charge in [-0.25, -0.2) is 0 Å². The molecule has 0 aliphatic carbocycles. The second kappa shape index (κ2) is 3.18. The third kappa shape index (κ3) is 4.43. The molecule has 0 radical (unpaired) electrons. The van der Waals surface area contributed by atoms with Crippen molar-refractivity contribution in [1.82, 2.24) is 0 Å². The molecule has 0 aromatic carbocycles. The van der Waals surface area contributed by atoms with Gasteiger partial charge in [0.15, 0.2) is 0 Å². The second-order valence-electron chi connectivity index (χ2n) is 3.42. The van der Waals surface area contributed by atoms with Crippen molar-refractivity contribution in [2.24, 2.45) is 11.1 Å². The van der Waals surface area contributed by atoms with Gasteiger partial charge in [-0.1, -0.05) is 13.8 Å². The van der Waals surface area contributed by atoms with Crippen LogP contribution in [0.25, 0.3) is 0 Å². The molecule has 0 aromatic rings. The summed E-state index contributed by atoms with van der Waals surface area (Å²) in [5.74, 6) is 0. The van der Waals surface area contributed by atoms with Crippen molar-refractivity contribution in [1.29, 1.82) is 0 Å². The Bertz CT molecular complexity index is 79.0. The normalized spacial score (nSPS) is 15.7. The Kier molecular flexibility index (Phi) is 3.15. The molecule has 9 heavy (non-hydrogen) atoms. The molecule has 0 aromatic heterocycles. The Hall–Kier alpha value is -0.0800. The SMILES string of the molecule is C[C@@H](O)CC(C)(C)CN. The van der Waals surface area contributed by atoms with Crippen molar-refractivity contribution < 1.29 is 5.11 Å². The largest absolute Gasteiger partial charge is 0.393 e. The zero-order valence-corrected chi connectivity index (χ0v) is 6.52. The summed E-state index contributed by atoms with van der Waals surface area (Å²) in [6.45, 7) is 6.54. The minimum atomic E-state index is -0.233. The number of rotatable bonds is 3. The average Bonchev–Trinajstić information content (AvgIpc) is 1.63. The molecule has 0 saturated heterocycles. The summed E-state index contributed by atoms with van der Waals surface area (Å²) in [6, 6.07) is 0. The molecule has 0 aliphatic heterocycles. The van der Waals surface area contributed by atoms with Crippen LogP contribution in [0.4, 0.5) is 0 Å². The number of aliphatic hydroxyl groups is 1. The van der Waals surface area contributed by atoms with E-state index in [1.807, 2.05) is 0 Å². The van der Waals surface area contributed by atoms with Crippen molar-refractivity contribution in [2.45, 2.75) is 33.3 Å². The van der Waals surface area contributed by atoms with Gasteiger partial charge in [0.05, 0.1) is 6.10 Å². The molecule has 56 valence electrons. The Morgan fingerprint density at radius 3 is 2.11 bits per heavy atom. The first kappa shape index (κ1) is 8.92. The molecular formula is C7H17NO. The highest BCUT2D eigenvalue weighted by molar-refractivity contribution is 4.71. The highest BCUT2D eigenvalue weighted by Gasteiger charge is 2.17. The van der Waals surface area contributed by atoms with Gasteiger partial charge in [0, 0.05) is 0 Å². The van der Waals surface area contributed by atoms with Crippen LogP contribution in [0.2, 0.25) is 0 Å². The predicted octanol–water partition coefficient (Wildman–Crippen LogP) is 0.742. The third-order valence-corrected chi connectivity index (χ3v) is 1.40. The van der Waals surface area contributed by atoms with E-state index >= 15 is 0 Å². The zero-order chi connectivity index (χ0) is 7.49. The maximum atomic E-state index is 8.96. The summed E-state index contributed by atoms with van der Waals surface area (Å²) in [7, 11) is 0. The van der Waals surface area contributed by atoms with Crippen molar-refractivity contribution in [3.63, 3.8) is 0 Å². The van der Waals surface area contributed by atoms with E-state index in [2.05, 4.69) is 13.8 Å². The van der Waals surface area contributed by atoms with Gasteiger partial charge >= 0.3 is 0 Å². The molecule has 0 spiro atoms. The molecule has 0 unspecified atom stereocenters. The van der Waals surface area contributed by atoms with Crippen LogP contribution in [-0.4, -0.2) is 17.8 Å². The Labute approximate surface area is 57.1 Å². The van der Waals surface area contributed by atoms with Crippen LogP contribution in [0.3, 0.4) is 0 Å². The van der Waals surface area contributed by atoms with Crippen LogP contribution < -0.4 is 5.73 Å². The lowest BCUT2D eigenvalue weighted by Gasteiger charge is -2.23. The molecule has 0 rings (SSSR count). The lowest BCUT2D eigenvalue weighted by molar-refractivity contribution is 0.133. The van der Waals surface area contributed by atoms with Crippen LogP contribution in [-0.2, 0) is 0 Å². The van der Waals surface area contributed by atoms with E-state index in [1.165, 1.54) is 0 Å². The van der Waals surface area contributed by atoms with Gasteiger partial charge in [-0.2, -0.15) is 0 Å². The summed E-state index contributed by atoms with van der Waals surface area (Å²) in [5.41, 5.74) is 5.53. The summed E-state index contributed by atoms with van der Waals surface area (Å²) >= 11 is 0. The van der Waals surface area contributed by atoms with Crippen molar-refractivity contribution in [3.05, 3.63) is 0 Å². The molecule has 2 nitrogen and oxygen atoms in total. The Morgan fingerprint density at radius 1 is 1.56 bits per heavy atom. The van der Waals surface area contributed by atoms with Crippen molar-refractivity contribution in [3.8, 4) is 0 Å². The van der Waals surface area contributed by atoms with Crippen LogP contribution >= 0.6 is 0 Å². The number of hydrogen-bond acceptors (Lipinski definition) is 2. The van der Waals surface area contributed by atoms with E-state index in [4.69, 9.17) is 10.8 Å². The first-order valence-corrected chi connectivity index (χ1v) is 3.36.